The van der Waals surface area contributed by atoms with Gasteiger partial charge in [-0.05, 0) is 73.0 Å². The monoisotopic (exact) mass is 541 g/mol. The number of hydrogen-bond donors (Lipinski definition) is 0. The molecule has 192 valence electrons. The number of ether oxygens (including phenoxy) is 2. The zero-order valence-electron chi connectivity index (χ0n) is 21.4. The maximum atomic E-state index is 13.4. The Balaban J connectivity index is 1.46. The van der Waals surface area contributed by atoms with Gasteiger partial charge in [0.1, 0.15) is 21.5 Å². The summed E-state index contributed by atoms with van der Waals surface area (Å²) in [6.07, 6.45) is 4.56. The highest BCUT2D eigenvalue weighted by atomic mass is 32.2. The molecule has 0 aliphatic carbocycles. The molecule has 1 aromatic heterocycles. The van der Waals surface area contributed by atoms with Gasteiger partial charge in [0, 0.05) is 23.9 Å². The van der Waals surface area contributed by atoms with Crippen molar-refractivity contribution < 1.29 is 14.3 Å². The van der Waals surface area contributed by atoms with E-state index in [1.165, 1.54) is 11.8 Å². The highest BCUT2D eigenvalue weighted by Gasteiger charge is 2.32. The number of methoxy groups -OCH3 is 2. The van der Waals surface area contributed by atoms with Crippen LogP contribution in [-0.2, 0) is 11.2 Å². The van der Waals surface area contributed by atoms with Crippen LogP contribution in [0, 0.1) is 6.92 Å². The molecule has 1 aliphatic rings. The average molecular weight is 542 g/mol. The lowest BCUT2D eigenvalue weighted by Crippen LogP contribution is -2.30. The number of nitrogens with zero attached hydrogens (tertiary/aromatic N) is 3. The fraction of sp³-hybridized carbons (Fsp3) is 0.167. The summed E-state index contributed by atoms with van der Waals surface area (Å²) in [5.41, 5.74) is 5.69. The summed E-state index contributed by atoms with van der Waals surface area (Å²) in [6, 6.07) is 23.7. The predicted octanol–water partition coefficient (Wildman–Crippen LogP) is 6.31. The van der Waals surface area contributed by atoms with E-state index in [0.29, 0.717) is 22.2 Å². The van der Waals surface area contributed by atoms with Crippen LogP contribution in [0.4, 0.5) is 0 Å². The van der Waals surface area contributed by atoms with Gasteiger partial charge in [-0.15, -0.1) is 0 Å². The molecule has 3 aromatic carbocycles. The third-order valence-corrected chi connectivity index (χ3v) is 7.77. The van der Waals surface area contributed by atoms with E-state index in [1.807, 2.05) is 96.7 Å². The van der Waals surface area contributed by atoms with Crippen LogP contribution in [0.3, 0.4) is 0 Å². The van der Waals surface area contributed by atoms with Gasteiger partial charge in [0.2, 0.25) is 0 Å². The molecule has 0 atom stereocenters. The number of amides is 1. The minimum Gasteiger partial charge on any atom is -0.497 e. The predicted molar refractivity (Wildman–Crippen MR) is 157 cm³/mol. The lowest BCUT2D eigenvalue weighted by molar-refractivity contribution is -0.122. The van der Waals surface area contributed by atoms with Gasteiger partial charge in [-0.2, -0.15) is 5.10 Å². The van der Waals surface area contributed by atoms with Crippen LogP contribution in [0.25, 0.3) is 23.0 Å². The second-order valence-electron chi connectivity index (χ2n) is 8.83. The molecule has 0 saturated carbocycles. The third kappa shape index (κ3) is 5.37. The van der Waals surface area contributed by atoms with E-state index in [4.69, 9.17) is 26.8 Å². The smallest absolute Gasteiger partial charge is 0.266 e. The third-order valence-electron chi connectivity index (χ3n) is 6.40. The van der Waals surface area contributed by atoms with Gasteiger partial charge >= 0.3 is 0 Å². The minimum atomic E-state index is -0.0848. The molecule has 1 fully saturated rings. The molecule has 1 saturated heterocycles. The Morgan fingerprint density at radius 3 is 2.37 bits per heavy atom. The van der Waals surface area contributed by atoms with E-state index in [0.717, 1.165) is 45.1 Å². The Morgan fingerprint density at radius 1 is 0.974 bits per heavy atom. The minimum absolute atomic E-state index is 0.0848. The quantitative estimate of drug-likeness (QED) is 0.193. The summed E-state index contributed by atoms with van der Waals surface area (Å²) in [6.45, 7) is 2.55. The normalized spacial score (nSPS) is 14.4. The Hall–Kier alpha value is -3.88. The first-order valence-corrected chi connectivity index (χ1v) is 13.4. The second-order valence-corrected chi connectivity index (χ2v) is 10.5. The van der Waals surface area contributed by atoms with Crippen molar-refractivity contribution in [3.63, 3.8) is 0 Å². The van der Waals surface area contributed by atoms with Crippen LogP contribution in [0.15, 0.2) is 83.9 Å². The summed E-state index contributed by atoms with van der Waals surface area (Å²) >= 11 is 6.92. The van der Waals surface area contributed by atoms with Crippen molar-refractivity contribution in [2.24, 2.45) is 0 Å². The van der Waals surface area contributed by atoms with Gasteiger partial charge in [0.15, 0.2) is 0 Å². The molecule has 0 unspecified atom stereocenters. The lowest BCUT2D eigenvalue weighted by Gasteiger charge is -2.14. The molecule has 1 amide bonds. The molecule has 38 heavy (non-hydrogen) atoms. The highest BCUT2D eigenvalue weighted by Crippen LogP contribution is 2.36. The Labute approximate surface area is 231 Å². The molecule has 1 aliphatic heterocycles. The molecule has 0 spiro atoms. The molecular weight excluding hydrogens is 514 g/mol. The van der Waals surface area contributed by atoms with E-state index < -0.39 is 0 Å². The summed E-state index contributed by atoms with van der Waals surface area (Å²) in [7, 11) is 3.30. The Bertz CT molecular complexity index is 1510. The van der Waals surface area contributed by atoms with Gasteiger partial charge in [0.25, 0.3) is 5.91 Å². The number of para-hydroxylation sites is 1. The number of thiocarbonyl (C=S) groups is 1. The largest absolute Gasteiger partial charge is 0.497 e. The van der Waals surface area contributed by atoms with E-state index in [2.05, 4.69) is 0 Å². The number of benzene rings is 3. The van der Waals surface area contributed by atoms with Gasteiger partial charge in [-0.3, -0.25) is 9.69 Å². The van der Waals surface area contributed by atoms with Crippen molar-refractivity contribution in [2.75, 3.05) is 20.8 Å². The number of hydrogen-bond acceptors (Lipinski definition) is 6. The van der Waals surface area contributed by atoms with E-state index in [-0.39, 0.29) is 5.91 Å². The second kappa shape index (κ2) is 11.2. The van der Waals surface area contributed by atoms with Crippen LogP contribution in [-0.4, -0.2) is 45.7 Å². The van der Waals surface area contributed by atoms with Crippen LogP contribution in [0.1, 0.15) is 16.7 Å². The van der Waals surface area contributed by atoms with Crippen LogP contribution in [0.2, 0.25) is 0 Å². The van der Waals surface area contributed by atoms with Crippen LogP contribution in [0.5, 0.6) is 11.5 Å². The lowest BCUT2D eigenvalue weighted by atomic mass is 10.0. The van der Waals surface area contributed by atoms with Crippen molar-refractivity contribution in [2.45, 2.75) is 13.3 Å². The van der Waals surface area contributed by atoms with Crippen LogP contribution >= 0.6 is 24.0 Å². The van der Waals surface area contributed by atoms with Crippen molar-refractivity contribution in [1.29, 1.82) is 0 Å². The van der Waals surface area contributed by atoms with E-state index in [1.54, 1.807) is 19.1 Å². The summed E-state index contributed by atoms with van der Waals surface area (Å²) in [5.74, 6) is 1.51. The van der Waals surface area contributed by atoms with Gasteiger partial charge in [-0.1, -0.05) is 54.3 Å². The van der Waals surface area contributed by atoms with E-state index >= 15 is 0 Å². The molecule has 8 heteroatoms. The molecular formula is C30H27N3O3S2. The van der Waals surface area contributed by atoms with Gasteiger partial charge < -0.3 is 9.47 Å². The topological polar surface area (TPSA) is 56.6 Å². The number of thioether (sulfide) groups is 1. The maximum absolute atomic E-state index is 13.4. The Morgan fingerprint density at radius 2 is 1.68 bits per heavy atom. The van der Waals surface area contributed by atoms with E-state index in [9.17, 15) is 4.79 Å². The SMILES string of the molecule is COc1ccc(CCN2C(=O)C(=Cc3cn(-c4ccccc4)nc3-c3ccc(OC)cc3C)SC2=S)cc1. The van der Waals surface area contributed by atoms with Crippen molar-refractivity contribution in [3.05, 3.63) is 101 Å². The van der Waals surface area contributed by atoms with Crippen molar-refractivity contribution in [1.82, 2.24) is 14.7 Å². The molecule has 5 rings (SSSR count). The molecule has 0 bridgehead atoms. The van der Waals surface area contributed by atoms with Crippen molar-refractivity contribution >= 4 is 40.3 Å². The van der Waals surface area contributed by atoms with Crippen molar-refractivity contribution in [3.8, 4) is 28.4 Å². The average Bonchev–Trinajstić information content (AvgIpc) is 3.48. The highest BCUT2D eigenvalue weighted by molar-refractivity contribution is 8.26. The van der Waals surface area contributed by atoms with Crippen LogP contribution < -0.4 is 9.47 Å². The zero-order chi connectivity index (χ0) is 26.6. The van der Waals surface area contributed by atoms with Gasteiger partial charge in [0.05, 0.1) is 24.8 Å². The van der Waals surface area contributed by atoms with Gasteiger partial charge in [-0.25, -0.2) is 4.68 Å². The number of aromatic nitrogens is 2. The first-order valence-electron chi connectivity index (χ1n) is 12.1. The number of carbonyl (C=O) groups excluding carboxylic acids is 1. The fourth-order valence-electron chi connectivity index (χ4n) is 4.31. The summed E-state index contributed by atoms with van der Waals surface area (Å²) < 4.78 is 13.0. The molecule has 4 aromatic rings. The summed E-state index contributed by atoms with van der Waals surface area (Å²) in [4.78, 5) is 15.7. The first kappa shape index (κ1) is 25.8. The number of carbonyl (C=O) groups is 1. The molecule has 0 radical (unpaired) electrons. The standard InChI is InChI=1S/C30H27N3O3S2/c1-20-17-25(36-3)13-14-26(20)28-22(19-33(31-28)23-7-5-4-6-8-23)18-27-29(34)32(30(37)38-27)16-15-21-9-11-24(35-2)12-10-21/h4-14,17-19H,15-16H2,1-3H3. The number of aryl methyl sites for hydroxylation is 1. The molecule has 6 nitrogen and oxygen atoms in total. The first-order chi connectivity index (χ1) is 18.5. The molecule has 2 heterocycles. The molecule has 0 N–H and O–H groups in total. The zero-order valence-corrected chi connectivity index (χ0v) is 23.0. The number of rotatable bonds is 8. The Kier molecular flexibility index (Phi) is 7.62. The maximum Gasteiger partial charge on any atom is 0.266 e. The fourth-order valence-corrected chi connectivity index (χ4v) is 5.61. The summed E-state index contributed by atoms with van der Waals surface area (Å²) in [5, 5.41) is 4.92.